The van der Waals surface area contributed by atoms with Crippen molar-refractivity contribution in [3.8, 4) is 5.82 Å². The molecule has 0 aliphatic carbocycles. The van der Waals surface area contributed by atoms with Gasteiger partial charge in [0.1, 0.15) is 11.4 Å². The Bertz CT molecular complexity index is 575. The highest BCUT2D eigenvalue weighted by Gasteiger charge is 2.16. The van der Waals surface area contributed by atoms with Crippen LogP contribution < -0.4 is 5.32 Å². The Balaban J connectivity index is 1.97. The minimum absolute atomic E-state index is 0.122. The lowest BCUT2D eigenvalue weighted by Crippen LogP contribution is -2.26. The first-order valence-corrected chi connectivity index (χ1v) is 7.18. The Kier molecular flexibility index (Phi) is 5.16. The summed E-state index contributed by atoms with van der Waals surface area (Å²) in [5, 5.41) is 16.0. The summed E-state index contributed by atoms with van der Waals surface area (Å²) in [4.78, 5) is 12.3. The second-order valence-corrected chi connectivity index (χ2v) is 5.28. The summed E-state index contributed by atoms with van der Waals surface area (Å²) < 4.78 is 3.55. The van der Waals surface area contributed by atoms with Crippen LogP contribution in [0, 0.1) is 5.92 Å². The molecule has 6 nitrogen and oxygen atoms in total. The molecule has 0 saturated heterocycles. The van der Waals surface area contributed by atoms with Gasteiger partial charge < -0.3 is 15.0 Å². The summed E-state index contributed by atoms with van der Waals surface area (Å²) in [6.07, 6.45) is 7.11. The molecule has 0 bridgehead atoms. The van der Waals surface area contributed by atoms with E-state index in [0.29, 0.717) is 12.1 Å². The van der Waals surface area contributed by atoms with Gasteiger partial charge in [0.25, 0.3) is 5.91 Å². The molecule has 0 spiro atoms. The number of rotatable bonds is 7. The van der Waals surface area contributed by atoms with Crippen LogP contribution in [0.5, 0.6) is 0 Å². The van der Waals surface area contributed by atoms with Crippen molar-refractivity contribution in [2.75, 3.05) is 13.2 Å². The van der Waals surface area contributed by atoms with Gasteiger partial charge in [-0.3, -0.25) is 9.48 Å². The molecule has 1 unspecified atom stereocenters. The summed E-state index contributed by atoms with van der Waals surface area (Å²) in [5.74, 6) is 0.903. The Morgan fingerprint density at radius 3 is 2.81 bits per heavy atom. The maximum absolute atomic E-state index is 12.3. The van der Waals surface area contributed by atoms with Crippen molar-refractivity contribution in [2.24, 2.45) is 13.0 Å². The first kappa shape index (κ1) is 15.3. The molecule has 0 fully saturated rings. The third-order valence-electron chi connectivity index (χ3n) is 3.47. The maximum Gasteiger partial charge on any atom is 0.256 e. The normalized spacial score (nSPS) is 12.3. The van der Waals surface area contributed by atoms with Gasteiger partial charge in [-0.25, -0.2) is 0 Å². The Morgan fingerprint density at radius 2 is 2.14 bits per heavy atom. The molecule has 0 aliphatic heterocycles. The van der Waals surface area contributed by atoms with Crippen LogP contribution in [0.15, 0.2) is 30.7 Å². The molecule has 2 aromatic rings. The van der Waals surface area contributed by atoms with E-state index in [2.05, 4.69) is 10.4 Å². The van der Waals surface area contributed by atoms with Gasteiger partial charge in [0.15, 0.2) is 0 Å². The van der Waals surface area contributed by atoms with Gasteiger partial charge in [-0.15, -0.1) is 0 Å². The molecule has 0 aromatic carbocycles. The largest absolute Gasteiger partial charge is 0.396 e. The fourth-order valence-corrected chi connectivity index (χ4v) is 2.21. The number of carbonyl (C=O) groups excluding carboxylic acids is 1. The molecule has 2 N–H and O–H groups in total. The fourth-order valence-electron chi connectivity index (χ4n) is 2.21. The third kappa shape index (κ3) is 3.72. The van der Waals surface area contributed by atoms with Gasteiger partial charge in [0.05, 0.1) is 6.20 Å². The molecule has 2 aromatic heterocycles. The Labute approximate surface area is 124 Å². The second kappa shape index (κ2) is 7.08. The van der Waals surface area contributed by atoms with Crippen LogP contribution >= 0.6 is 0 Å². The highest BCUT2D eigenvalue weighted by Crippen LogP contribution is 2.13. The highest BCUT2D eigenvalue weighted by atomic mass is 16.3. The quantitative estimate of drug-likeness (QED) is 0.756. The summed E-state index contributed by atoms with van der Waals surface area (Å²) in [5.41, 5.74) is 0.559. The summed E-state index contributed by atoms with van der Waals surface area (Å²) in [6, 6.07) is 3.82. The van der Waals surface area contributed by atoms with E-state index in [-0.39, 0.29) is 18.4 Å². The molecule has 2 rings (SSSR count). The zero-order valence-corrected chi connectivity index (χ0v) is 12.5. The standard InChI is InChI=1S/C15H22N4O2/c1-12(11-20)6-5-7-16-14(21)13-10-17-18(2)15(13)19-8-3-4-9-19/h3-4,8-10,12,20H,5-7,11H2,1-2H3,(H,16,21). The van der Waals surface area contributed by atoms with Crippen LogP contribution in [-0.4, -0.2) is 38.5 Å². The molecule has 6 heteroatoms. The van der Waals surface area contributed by atoms with E-state index < -0.39 is 0 Å². The minimum Gasteiger partial charge on any atom is -0.396 e. The number of hydrogen-bond acceptors (Lipinski definition) is 3. The van der Waals surface area contributed by atoms with E-state index in [0.717, 1.165) is 18.7 Å². The van der Waals surface area contributed by atoms with Crippen LogP contribution in [0.3, 0.4) is 0 Å². The second-order valence-electron chi connectivity index (χ2n) is 5.28. The maximum atomic E-state index is 12.3. The predicted octanol–water partition coefficient (Wildman–Crippen LogP) is 1.35. The van der Waals surface area contributed by atoms with E-state index in [1.807, 2.05) is 43.1 Å². The molecule has 1 amide bonds. The zero-order valence-electron chi connectivity index (χ0n) is 12.5. The van der Waals surface area contributed by atoms with Crippen LogP contribution in [0.2, 0.25) is 0 Å². The molecule has 114 valence electrons. The summed E-state index contributed by atoms with van der Waals surface area (Å²) >= 11 is 0. The zero-order chi connectivity index (χ0) is 15.2. The van der Waals surface area contributed by atoms with Crippen molar-refractivity contribution in [3.63, 3.8) is 0 Å². The van der Waals surface area contributed by atoms with Crippen molar-refractivity contribution in [3.05, 3.63) is 36.3 Å². The van der Waals surface area contributed by atoms with Gasteiger partial charge in [0, 0.05) is 32.6 Å². The van der Waals surface area contributed by atoms with Crippen LogP contribution in [-0.2, 0) is 7.05 Å². The molecule has 1 atom stereocenters. The van der Waals surface area contributed by atoms with Crippen LogP contribution in [0.4, 0.5) is 0 Å². The minimum atomic E-state index is -0.122. The van der Waals surface area contributed by atoms with Crippen LogP contribution in [0.1, 0.15) is 30.1 Å². The lowest BCUT2D eigenvalue weighted by Gasteiger charge is -2.10. The van der Waals surface area contributed by atoms with Crippen molar-refractivity contribution in [1.82, 2.24) is 19.7 Å². The number of aromatic nitrogens is 3. The van der Waals surface area contributed by atoms with Gasteiger partial charge in [-0.1, -0.05) is 6.92 Å². The monoisotopic (exact) mass is 290 g/mol. The molecule has 2 heterocycles. The average molecular weight is 290 g/mol. The number of carbonyl (C=O) groups is 1. The van der Waals surface area contributed by atoms with E-state index >= 15 is 0 Å². The Morgan fingerprint density at radius 1 is 1.43 bits per heavy atom. The lowest BCUT2D eigenvalue weighted by molar-refractivity contribution is 0.0952. The number of hydrogen-bond donors (Lipinski definition) is 2. The van der Waals surface area contributed by atoms with Crippen molar-refractivity contribution in [2.45, 2.75) is 19.8 Å². The van der Waals surface area contributed by atoms with Crippen LogP contribution in [0.25, 0.3) is 5.82 Å². The first-order chi connectivity index (χ1) is 10.1. The van der Waals surface area contributed by atoms with Gasteiger partial charge >= 0.3 is 0 Å². The molecule has 0 saturated carbocycles. The summed E-state index contributed by atoms with van der Waals surface area (Å²) in [7, 11) is 1.81. The van der Waals surface area contributed by atoms with Gasteiger partial charge in [0.2, 0.25) is 0 Å². The lowest BCUT2D eigenvalue weighted by atomic mass is 10.1. The van der Waals surface area contributed by atoms with E-state index in [9.17, 15) is 4.79 Å². The fraction of sp³-hybridized carbons (Fsp3) is 0.467. The number of nitrogens with zero attached hydrogens (tertiary/aromatic N) is 3. The van der Waals surface area contributed by atoms with E-state index in [1.165, 1.54) is 0 Å². The highest BCUT2D eigenvalue weighted by molar-refractivity contribution is 5.97. The molecule has 21 heavy (non-hydrogen) atoms. The van der Waals surface area contributed by atoms with Gasteiger partial charge in [-0.2, -0.15) is 5.10 Å². The predicted molar refractivity (Wildman–Crippen MR) is 80.4 cm³/mol. The smallest absolute Gasteiger partial charge is 0.256 e. The van der Waals surface area contributed by atoms with Crippen molar-refractivity contribution < 1.29 is 9.90 Å². The molecular formula is C15H22N4O2. The third-order valence-corrected chi connectivity index (χ3v) is 3.47. The Hall–Kier alpha value is -2.08. The number of nitrogens with one attached hydrogen (secondary N) is 1. The SMILES string of the molecule is CC(CO)CCCNC(=O)c1cnn(C)c1-n1cccc1. The van der Waals surface area contributed by atoms with E-state index in [4.69, 9.17) is 5.11 Å². The van der Waals surface area contributed by atoms with Crippen molar-refractivity contribution in [1.29, 1.82) is 0 Å². The molecule has 0 aliphatic rings. The number of amides is 1. The number of aliphatic hydroxyl groups is 1. The molecular weight excluding hydrogens is 268 g/mol. The number of aryl methyl sites for hydroxylation is 1. The first-order valence-electron chi connectivity index (χ1n) is 7.18. The van der Waals surface area contributed by atoms with Gasteiger partial charge in [-0.05, 0) is 30.9 Å². The summed E-state index contributed by atoms with van der Waals surface area (Å²) in [6.45, 7) is 2.78. The molecule has 0 radical (unpaired) electrons. The average Bonchev–Trinajstić information content (AvgIpc) is 3.11. The van der Waals surface area contributed by atoms with Crippen molar-refractivity contribution >= 4 is 5.91 Å². The van der Waals surface area contributed by atoms with E-state index in [1.54, 1.807) is 10.9 Å². The topological polar surface area (TPSA) is 72.1 Å². The number of aliphatic hydroxyl groups excluding tert-OH is 1.